The first-order chi connectivity index (χ1) is 16.8. The molecule has 1 N–H and O–H groups in total. The summed E-state index contributed by atoms with van der Waals surface area (Å²) in [7, 11) is 3.17. The molecule has 0 saturated carbocycles. The number of ether oxygens (including phenoxy) is 3. The second-order valence-electron chi connectivity index (χ2n) is 8.87. The van der Waals surface area contributed by atoms with Gasteiger partial charge in [-0.25, -0.2) is 0 Å². The highest BCUT2D eigenvalue weighted by molar-refractivity contribution is 6.06. The van der Waals surface area contributed by atoms with Gasteiger partial charge in [-0.2, -0.15) is 0 Å². The van der Waals surface area contributed by atoms with Crippen LogP contribution < -0.4 is 19.5 Å². The molecule has 0 aromatic heterocycles. The fourth-order valence-electron chi connectivity index (χ4n) is 4.13. The van der Waals surface area contributed by atoms with Crippen molar-refractivity contribution in [2.24, 2.45) is 0 Å². The SMILES string of the molecule is COc1ccc(NC(=O)c2ccc(-c3ccccc3)cc2OC)cc1OCCN(C(C)C)C(C)C. The van der Waals surface area contributed by atoms with Gasteiger partial charge < -0.3 is 19.5 Å². The summed E-state index contributed by atoms with van der Waals surface area (Å²) in [5.74, 6) is 1.46. The molecule has 0 spiro atoms. The van der Waals surface area contributed by atoms with Gasteiger partial charge in [0, 0.05) is 30.4 Å². The maximum atomic E-state index is 13.1. The van der Waals surface area contributed by atoms with E-state index in [4.69, 9.17) is 14.2 Å². The Morgan fingerprint density at radius 3 is 2.11 bits per heavy atom. The van der Waals surface area contributed by atoms with Crippen LogP contribution in [-0.2, 0) is 0 Å². The lowest BCUT2D eigenvalue weighted by Crippen LogP contribution is -2.39. The standard InChI is InChI=1S/C29H36N2O4/c1-20(2)31(21(3)4)16-17-35-28-19-24(13-15-26(28)33-5)30-29(32)25-14-12-23(18-27(25)34-6)22-10-8-7-9-11-22/h7-15,18-21H,16-17H2,1-6H3,(H,30,32). The van der Waals surface area contributed by atoms with Gasteiger partial charge in [-0.3, -0.25) is 9.69 Å². The van der Waals surface area contributed by atoms with Crippen molar-refractivity contribution >= 4 is 11.6 Å². The highest BCUT2D eigenvalue weighted by Gasteiger charge is 2.16. The molecule has 3 aromatic carbocycles. The van der Waals surface area contributed by atoms with Gasteiger partial charge in [0.1, 0.15) is 12.4 Å². The van der Waals surface area contributed by atoms with Crippen molar-refractivity contribution < 1.29 is 19.0 Å². The Labute approximate surface area is 208 Å². The molecule has 0 heterocycles. The number of anilines is 1. The molecule has 186 valence electrons. The van der Waals surface area contributed by atoms with Crippen molar-refractivity contribution in [2.45, 2.75) is 39.8 Å². The van der Waals surface area contributed by atoms with Crippen LogP contribution in [0.25, 0.3) is 11.1 Å². The maximum Gasteiger partial charge on any atom is 0.259 e. The van der Waals surface area contributed by atoms with Gasteiger partial charge >= 0.3 is 0 Å². The van der Waals surface area contributed by atoms with E-state index in [0.29, 0.717) is 47.2 Å². The summed E-state index contributed by atoms with van der Waals surface area (Å²) in [6.07, 6.45) is 0. The summed E-state index contributed by atoms with van der Waals surface area (Å²) in [5.41, 5.74) is 3.11. The van der Waals surface area contributed by atoms with Crippen LogP contribution in [-0.4, -0.2) is 50.3 Å². The Bertz CT molecular complexity index is 1100. The highest BCUT2D eigenvalue weighted by Crippen LogP contribution is 2.32. The van der Waals surface area contributed by atoms with Crippen molar-refractivity contribution in [1.29, 1.82) is 0 Å². The summed E-state index contributed by atoms with van der Waals surface area (Å²) in [6, 6.07) is 21.8. The molecule has 0 aliphatic heterocycles. The van der Waals surface area contributed by atoms with E-state index in [1.807, 2.05) is 42.5 Å². The molecule has 1 amide bonds. The largest absolute Gasteiger partial charge is 0.496 e. The van der Waals surface area contributed by atoms with Crippen LogP contribution >= 0.6 is 0 Å². The number of carbonyl (C=O) groups is 1. The van der Waals surface area contributed by atoms with E-state index < -0.39 is 0 Å². The second-order valence-corrected chi connectivity index (χ2v) is 8.87. The molecule has 6 nitrogen and oxygen atoms in total. The minimum atomic E-state index is -0.261. The van der Waals surface area contributed by atoms with Crippen LogP contribution in [0.15, 0.2) is 66.7 Å². The Morgan fingerprint density at radius 2 is 1.49 bits per heavy atom. The third-order valence-corrected chi connectivity index (χ3v) is 5.91. The molecule has 3 aromatic rings. The van der Waals surface area contributed by atoms with Crippen LogP contribution in [0.1, 0.15) is 38.1 Å². The first-order valence-corrected chi connectivity index (χ1v) is 12.0. The number of benzene rings is 3. The van der Waals surface area contributed by atoms with E-state index in [9.17, 15) is 4.79 Å². The van der Waals surface area contributed by atoms with Gasteiger partial charge in [0.05, 0.1) is 19.8 Å². The molecule has 0 saturated heterocycles. The smallest absolute Gasteiger partial charge is 0.259 e. The number of hydrogen-bond acceptors (Lipinski definition) is 5. The number of rotatable bonds is 11. The quantitative estimate of drug-likeness (QED) is 0.361. The van der Waals surface area contributed by atoms with Crippen molar-refractivity contribution in [1.82, 2.24) is 4.90 Å². The van der Waals surface area contributed by atoms with Gasteiger partial charge in [-0.05, 0) is 63.1 Å². The fraction of sp³-hybridized carbons (Fsp3) is 0.345. The first kappa shape index (κ1) is 26.1. The van der Waals surface area contributed by atoms with Gasteiger partial charge in [-0.15, -0.1) is 0 Å². The minimum absolute atomic E-state index is 0.261. The van der Waals surface area contributed by atoms with Gasteiger partial charge in [0.25, 0.3) is 5.91 Å². The molecule has 0 fully saturated rings. The van der Waals surface area contributed by atoms with Crippen LogP contribution in [0.4, 0.5) is 5.69 Å². The number of carbonyl (C=O) groups excluding carboxylic acids is 1. The van der Waals surface area contributed by atoms with Crippen LogP contribution in [0.2, 0.25) is 0 Å². The highest BCUT2D eigenvalue weighted by atomic mass is 16.5. The maximum absolute atomic E-state index is 13.1. The zero-order chi connectivity index (χ0) is 25.4. The summed E-state index contributed by atoms with van der Waals surface area (Å²) in [6.45, 7) is 10.0. The van der Waals surface area contributed by atoms with Gasteiger partial charge in [0.15, 0.2) is 11.5 Å². The molecule has 0 atom stereocenters. The molecule has 35 heavy (non-hydrogen) atoms. The van der Waals surface area contributed by atoms with Crippen molar-refractivity contribution in [3.63, 3.8) is 0 Å². The number of amides is 1. The fourth-order valence-corrected chi connectivity index (χ4v) is 4.13. The van der Waals surface area contributed by atoms with Crippen LogP contribution in [0.3, 0.4) is 0 Å². The minimum Gasteiger partial charge on any atom is -0.496 e. The lowest BCUT2D eigenvalue weighted by Gasteiger charge is -2.30. The predicted octanol–water partition coefficient (Wildman–Crippen LogP) is 6.12. The summed E-state index contributed by atoms with van der Waals surface area (Å²) >= 11 is 0. The Kier molecular flexibility index (Phi) is 9.15. The molecule has 0 bridgehead atoms. The zero-order valence-electron chi connectivity index (χ0n) is 21.5. The monoisotopic (exact) mass is 476 g/mol. The first-order valence-electron chi connectivity index (χ1n) is 12.0. The molecule has 0 unspecified atom stereocenters. The molecule has 0 radical (unpaired) electrons. The summed E-state index contributed by atoms with van der Waals surface area (Å²) in [5, 5.41) is 2.95. The van der Waals surface area contributed by atoms with Crippen LogP contribution in [0.5, 0.6) is 17.2 Å². The van der Waals surface area contributed by atoms with E-state index in [2.05, 4.69) is 37.9 Å². The summed E-state index contributed by atoms with van der Waals surface area (Å²) in [4.78, 5) is 15.5. The molecule has 0 aliphatic carbocycles. The third-order valence-electron chi connectivity index (χ3n) is 5.91. The van der Waals surface area contributed by atoms with Crippen LogP contribution in [0, 0.1) is 0 Å². The van der Waals surface area contributed by atoms with E-state index in [1.54, 1.807) is 38.5 Å². The molecular formula is C29H36N2O4. The summed E-state index contributed by atoms with van der Waals surface area (Å²) < 4.78 is 17.0. The average Bonchev–Trinajstić information content (AvgIpc) is 2.86. The Morgan fingerprint density at radius 1 is 0.800 bits per heavy atom. The Hall–Kier alpha value is -3.51. The molecular weight excluding hydrogens is 440 g/mol. The van der Waals surface area contributed by atoms with Crippen molar-refractivity contribution in [2.75, 3.05) is 32.7 Å². The normalized spacial score (nSPS) is 11.1. The van der Waals surface area contributed by atoms with E-state index in [0.717, 1.165) is 17.7 Å². The predicted molar refractivity (Wildman–Crippen MR) is 142 cm³/mol. The molecule has 6 heteroatoms. The lowest BCUT2D eigenvalue weighted by molar-refractivity contribution is 0.102. The second kappa shape index (κ2) is 12.3. The number of nitrogens with zero attached hydrogens (tertiary/aromatic N) is 1. The lowest BCUT2D eigenvalue weighted by atomic mass is 10.0. The number of methoxy groups -OCH3 is 2. The zero-order valence-corrected chi connectivity index (χ0v) is 21.5. The number of nitrogens with one attached hydrogen (secondary N) is 1. The average molecular weight is 477 g/mol. The van der Waals surface area contributed by atoms with Gasteiger partial charge in [-0.1, -0.05) is 36.4 Å². The van der Waals surface area contributed by atoms with E-state index in [1.165, 1.54) is 0 Å². The molecule has 3 rings (SSSR count). The Balaban J connectivity index is 1.74. The number of hydrogen-bond donors (Lipinski definition) is 1. The van der Waals surface area contributed by atoms with E-state index in [-0.39, 0.29) is 5.91 Å². The third kappa shape index (κ3) is 6.76. The van der Waals surface area contributed by atoms with Gasteiger partial charge in [0.2, 0.25) is 0 Å². The molecule has 0 aliphatic rings. The topological polar surface area (TPSA) is 60.0 Å². The van der Waals surface area contributed by atoms with Crippen molar-refractivity contribution in [3.05, 3.63) is 72.3 Å². The van der Waals surface area contributed by atoms with E-state index >= 15 is 0 Å². The van der Waals surface area contributed by atoms with Crippen molar-refractivity contribution in [3.8, 4) is 28.4 Å².